The van der Waals surface area contributed by atoms with Crippen LogP contribution in [0, 0.1) is 18.7 Å². The van der Waals surface area contributed by atoms with Crippen LogP contribution in [0.1, 0.15) is 31.4 Å². The van der Waals surface area contributed by atoms with Gasteiger partial charge in [-0.3, -0.25) is 0 Å². The van der Waals surface area contributed by atoms with Crippen molar-refractivity contribution >= 4 is 0 Å². The molecule has 0 saturated carbocycles. The molecule has 0 fully saturated rings. The van der Waals surface area contributed by atoms with Crippen molar-refractivity contribution in [2.24, 2.45) is 5.92 Å². The van der Waals surface area contributed by atoms with Gasteiger partial charge in [-0.2, -0.15) is 0 Å². The fourth-order valence-corrected chi connectivity index (χ4v) is 1.86. The summed E-state index contributed by atoms with van der Waals surface area (Å²) in [6.07, 6.45) is 2.19. The average molecular weight is 223 g/mol. The molecule has 0 saturated heterocycles. The Morgan fingerprint density at radius 1 is 1.38 bits per heavy atom. The Morgan fingerprint density at radius 3 is 2.75 bits per heavy atom. The van der Waals surface area contributed by atoms with Crippen LogP contribution in [0.5, 0.6) is 0 Å². The predicted molar refractivity (Wildman–Crippen MR) is 67.2 cm³/mol. The standard InChI is InChI=1S/C14H22FN/c1-4-7-16-10-11(2)8-13-5-6-14(15)9-12(13)3/h5-6,9,11,16H,4,7-8,10H2,1-3H3. The molecule has 90 valence electrons. The summed E-state index contributed by atoms with van der Waals surface area (Å²) in [7, 11) is 0. The van der Waals surface area contributed by atoms with Gasteiger partial charge < -0.3 is 5.32 Å². The van der Waals surface area contributed by atoms with Gasteiger partial charge in [-0.25, -0.2) is 4.39 Å². The molecular formula is C14H22FN. The second-order valence-corrected chi connectivity index (χ2v) is 4.58. The van der Waals surface area contributed by atoms with E-state index in [0.717, 1.165) is 25.1 Å². The first-order valence-electron chi connectivity index (χ1n) is 6.09. The summed E-state index contributed by atoms with van der Waals surface area (Å²) in [6, 6.07) is 5.07. The van der Waals surface area contributed by atoms with E-state index < -0.39 is 0 Å². The summed E-state index contributed by atoms with van der Waals surface area (Å²) in [5.41, 5.74) is 2.31. The smallest absolute Gasteiger partial charge is 0.123 e. The SMILES string of the molecule is CCCNCC(C)Cc1ccc(F)cc1C. The fourth-order valence-electron chi connectivity index (χ4n) is 1.86. The molecule has 0 aliphatic carbocycles. The minimum Gasteiger partial charge on any atom is -0.316 e. The number of aryl methyl sites for hydroxylation is 1. The third kappa shape index (κ3) is 4.31. The van der Waals surface area contributed by atoms with Crippen LogP contribution in [-0.4, -0.2) is 13.1 Å². The van der Waals surface area contributed by atoms with E-state index in [2.05, 4.69) is 19.2 Å². The van der Waals surface area contributed by atoms with Crippen molar-refractivity contribution in [3.8, 4) is 0 Å². The Bertz CT molecular complexity index is 323. The maximum Gasteiger partial charge on any atom is 0.123 e. The van der Waals surface area contributed by atoms with E-state index in [-0.39, 0.29) is 5.82 Å². The third-order valence-corrected chi connectivity index (χ3v) is 2.79. The molecule has 0 radical (unpaired) electrons. The first-order valence-corrected chi connectivity index (χ1v) is 6.09. The van der Waals surface area contributed by atoms with Crippen LogP contribution in [-0.2, 0) is 6.42 Å². The molecule has 2 heteroatoms. The Hall–Kier alpha value is -0.890. The van der Waals surface area contributed by atoms with Gasteiger partial charge in [-0.05, 0) is 62.0 Å². The number of hydrogen-bond acceptors (Lipinski definition) is 1. The minimum atomic E-state index is -0.141. The Kier molecular flexibility index (Phi) is 5.47. The minimum absolute atomic E-state index is 0.141. The monoisotopic (exact) mass is 223 g/mol. The van der Waals surface area contributed by atoms with Crippen LogP contribution < -0.4 is 5.32 Å². The van der Waals surface area contributed by atoms with Gasteiger partial charge in [0.2, 0.25) is 0 Å². The third-order valence-electron chi connectivity index (χ3n) is 2.79. The average Bonchev–Trinajstić information content (AvgIpc) is 2.23. The first kappa shape index (κ1) is 13.2. The van der Waals surface area contributed by atoms with Crippen LogP contribution in [0.25, 0.3) is 0 Å². The van der Waals surface area contributed by atoms with E-state index in [1.165, 1.54) is 12.0 Å². The zero-order valence-corrected chi connectivity index (χ0v) is 10.5. The van der Waals surface area contributed by atoms with E-state index in [0.29, 0.717) is 5.92 Å². The van der Waals surface area contributed by atoms with E-state index in [4.69, 9.17) is 0 Å². The normalized spacial score (nSPS) is 12.8. The number of nitrogens with one attached hydrogen (secondary N) is 1. The van der Waals surface area contributed by atoms with Gasteiger partial charge in [0.15, 0.2) is 0 Å². The lowest BCUT2D eigenvalue weighted by Crippen LogP contribution is -2.23. The van der Waals surface area contributed by atoms with E-state index in [1.807, 2.05) is 13.0 Å². The summed E-state index contributed by atoms with van der Waals surface area (Å²) in [5.74, 6) is 0.453. The van der Waals surface area contributed by atoms with Crippen LogP contribution in [0.2, 0.25) is 0 Å². The Balaban J connectivity index is 2.46. The maximum absolute atomic E-state index is 12.9. The molecule has 1 rings (SSSR count). The topological polar surface area (TPSA) is 12.0 Å². The van der Waals surface area contributed by atoms with Crippen molar-refractivity contribution in [3.05, 3.63) is 35.1 Å². The van der Waals surface area contributed by atoms with E-state index in [1.54, 1.807) is 12.1 Å². The highest BCUT2D eigenvalue weighted by atomic mass is 19.1. The molecule has 0 aliphatic rings. The summed E-state index contributed by atoms with van der Waals surface area (Å²) >= 11 is 0. The van der Waals surface area contributed by atoms with E-state index >= 15 is 0 Å². The molecule has 1 aromatic carbocycles. The van der Waals surface area contributed by atoms with Crippen molar-refractivity contribution in [1.82, 2.24) is 5.32 Å². The number of halogens is 1. The largest absolute Gasteiger partial charge is 0.316 e. The highest BCUT2D eigenvalue weighted by Gasteiger charge is 2.06. The molecule has 1 nitrogen and oxygen atoms in total. The van der Waals surface area contributed by atoms with Gasteiger partial charge in [-0.15, -0.1) is 0 Å². The van der Waals surface area contributed by atoms with Crippen molar-refractivity contribution in [1.29, 1.82) is 0 Å². The molecule has 0 spiro atoms. The summed E-state index contributed by atoms with van der Waals surface area (Å²) in [5, 5.41) is 3.41. The quantitative estimate of drug-likeness (QED) is 0.730. The molecule has 0 aromatic heterocycles. The van der Waals surface area contributed by atoms with Crippen molar-refractivity contribution < 1.29 is 4.39 Å². The molecule has 0 aliphatic heterocycles. The molecule has 0 heterocycles. The van der Waals surface area contributed by atoms with Crippen LogP contribution in [0.15, 0.2) is 18.2 Å². The summed E-state index contributed by atoms with van der Waals surface area (Å²) < 4.78 is 12.9. The van der Waals surface area contributed by atoms with Crippen LogP contribution in [0.4, 0.5) is 4.39 Å². The summed E-state index contributed by atoms with van der Waals surface area (Å²) in [6.45, 7) is 8.48. The Morgan fingerprint density at radius 2 is 2.12 bits per heavy atom. The highest BCUT2D eigenvalue weighted by molar-refractivity contribution is 5.26. The second-order valence-electron chi connectivity index (χ2n) is 4.58. The molecule has 1 unspecified atom stereocenters. The lowest BCUT2D eigenvalue weighted by atomic mass is 9.97. The van der Waals surface area contributed by atoms with Gasteiger partial charge in [-0.1, -0.05) is 19.9 Å². The van der Waals surface area contributed by atoms with Gasteiger partial charge in [0, 0.05) is 0 Å². The van der Waals surface area contributed by atoms with Gasteiger partial charge in [0.25, 0.3) is 0 Å². The molecule has 16 heavy (non-hydrogen) atoms. The van der Waals surface area contributed by atoms with Crippen molar-refractivity contribution in [2.45, 2.75) is 33.6 Å². The van der Waals surface area contributed by atoms with Gasteiger partial charge >= 0.3 is 0 Å². The summed E-state index contributed by atoms with van der Waals surface area (Å²) in [4.78, 5) is 0. The lowest BCUT2D eigenvalue weighted by Gasteiger charge is -2.14. The predicted octanol–water partition coefficient (Wildman–Crippen LogP) is 3.31. The van der Waals surface area contributed by atoms with Crippen molar-refractivity contribution in [3.63, 3.8) is 0 Å². The maximum atomic E-state index is 12.9. The van der Waals surface area contributed by atoms with Gasteiger partial charge in [0.1, 0.15) is 5.82 Å². The Labute approximate surface area is 98.1 Å². The van der Waals surface area contributed by atoms with Gasteiger partial charge in [0.05, 0.1) is 0 Å². The molecule has 0 bridgehead atoms. The molecule has 1 N–H and O–H groups in total. The zero-order valence-electron chi connectivity index (χ0n) is 10.5. The number of rotatable bonds is 6. The van der Waals surface area contributed by atoms with E-state index in [9.17, 15) is 4.39 Å². The number of hydrogen-bond donors (Lipinski definition) is 1. The van der Waals surface area contributed by atoms with Crippen molar-refractivity contribution in [2.75, 3.05) is 13.1 Å². The highest BCUT2D eigenvalue weighted by Crippen LogP contribution is 2.14. The second kappa shape index (κ2) is 6.64. The molecule has 0 amide bonds. The molecule has 1 aromatic rings. The van der Waals surface area contributed by atoms with Crippen LogP contribution >= 0.6 is 0 Å². The lowest BCUT2D eigenvalue weighted by molar-refractivity contribution is 0.509. The molecular weight excluding hydrogens is 201 g/mol. The zero-order chi connectivity index (χ0) is 12.0. The number of benzene rings is 1. The molecule has 1 atom stereocenters. The van der Waals surface area contributed by atoms with Crippen LogP contribution in [0.3, 0.4) is 0 Å². The fraction of sp³-hybridized carbons (Fsp3) is 0.571. The first-order chi connectivity index (χ1) is 7.63.